The largest absolute Gasteiger partial charge is 0.485 e. The first kappa shape index (κ1) is 24.8. The topological polar surface area (TPSA) is 89.7 Å². The Morgan fingerprint density at radius 1 is 1.14 bits per heavy atom. The summed E-state index contributed by atoms with van der Waals surface area (Å²) in [6, 6.07) is 10.6. The van der Waals surface area contributed by atoms with Crippen LogP contribution in [0.25, 0.3) is 11.1 Å². The van der Waals surface area contributed by atoms with Gasteiger partial charge in [-0.05, 0) is 35.9 Å². The van der Waals surface area contributed by atoms with E-state index in [2.05, 4.69) is 15.2 Å². The quantitative estimate of drug-likeness (QED) is 0.454. The Labute approximate surface area is 206 Å². The van der Waals surface area contributed by atoms with E-state index in [0.29, 0.717) is 30.9 Å². The van der Waals surface area contributed by atoms with Gasteiger partial charge in [0.1, 0.15) is 18.2 Å². The third kappa shape index (κ3) is 6.25. The number of morpholine rings is 1. The molecule has 2 heterocycles. The van der Waals surface area contributed by atoms with Gasteiger partial charge in [-0.3, -0.25) is 9.69 Å². The average molecular weight is 503 g/mol. The molecule has 1 aliphatic heterocycles. The molecule has 1 aromatic heterocycles. The zero-order chi connectivity index (χ0) is 24.8. The Balaban J connectivity index is 1.44. The molecule has 0 bridgehead atoms. The lowest BCUT2D eigenvalue weighted by Gasteiger charge is -2.26. The van der Waals surface area contributed by atoms with Gasteiger partial charge in [-0.15, -0.1) is 0 Å². The molecule has 4 rings (SSSR count). The maximum absolute atomic E-state index is 14.1. The number of hydrogen-bond donors (Lipinski definition) is 2. The SMILES string of the molecule is Nc1ncc(-c2cccc(C(=O)NCCN3CCOCC3)c2)cc1OCc1c(F)ccc(F)c1Cl. The summed E-state index contributed by atoms with van der Waals surface area (Å²) in [5.74, 6) is -1.35. The number of benzene rings is 2. The molecule has 1 aliphatic rings. The van der Waals surface area contributed by atoms with Gasteiger partial charge in [-0.1, -0.05) is 23.7 Å². The van der Waals surface area contributed by atoms with Gasteiger partial charge >= 0.3 is 0 Å². The van der Waals surface area contributed by atoms with Crippen LogP contribution in [0.1, 0.15) is 15.9 Å². The Morgan fingerprint density at radius 3 is 2.71 bits per heavy atom. The van der Waals surface area contributed by atoms with E-state index in [-0.39, 0.29) is 34.7 Å². The second-order valence-corrected chi connectivity index (χ2v) is 8.39. The van der Waals surface area contributed by atoms with Crippen molar-refractivity contribution in [1.82, 2.24) is 15.2 Å². The van der Waals surface area contributed by atoms with Crippen LogP contribution in [0.15, 0.2) is 48.7 Å². The Bertz CT molecular complexity index is 1210. The van der Waals surface area contributed by atoms with Gasteiger partial charge in [0, 0.05) is 49.1 Å². The van der Waals surface area contributed by atoms with E-state index in [1.807, 2.05) is 6.07 Å². The molecule has 0 aliphatic carbocycles. The van der Waals surface area contributed by atoms with Crippen LogP contribution in [0.4, 0.5) is 14.6 Å². The van der Waals surface area contributed by atoms with Gasteiger partial charge in [-0.2, -0.15) is 0 Å². The second kappa shape index (κ2) is 11.4. The van der Waals surface area contributed by atoms with Crippen molar-refractivity contribution in [3.05, 3.63) is 76.4 Å². The van der Waals surface area contributed by atoms with Crippen molar-refractivity contribution >= 4 is 23.3 Å². The summed E-state index contributed by atoms with van der Waals surface area (Å²) >= 11 is 5.87. The molecule has 1 fully saturated rings. The van der Waals surface area contributed by atoms with Gasteiger partial charge in [0.05, 0.1) is 18.2 Å². The van der Waals surface area contributed by atoms with Gasteiger partial charge in [0.2, 0.25) is 0 Å². The first-order valence-corrected chi connectivity index (χ1v) is 11.5. The number of aromatic nitrogens is 1. The second-order valence-electron chi connectivity index (χ2n) is 8.01. The highest BCUT2D eigenvalue weighted by Crippen LogP contribution is 2.30. The number of rotatable bonds is 8. The first-order chi connectivity index (χ1) is 16.9. The van der Waals surface area contributed by atoms with E-state index in [4.69, 9.17) is 26.8 Å². The van der Waals surface area contributed by atoms with Crippen LogP contribution in [-0.2, 0) is 11.3 Å². The van der Waals surface area contributed by atoms with Gasteiger partial charge in [0.25, 0.3) is 5.91 Å². The number of carbonyl (C=O) groups excluding carboxylic acids is 1. The van der Waals surface area contributed by atoms with Crippen LogP contribution in [0.2, 0.25) is 5.02 Å². The zero-order valence-corrected chi connectivity index (χ0v) is 19.7. The molecule has 0 atom stereocenters. The smallest absolute Gasteiger partial charge is 0.251 e. The molecule has 35 heavy (non-hydrogen) atoms. The standard InChI is InChI=1S/C25H25ClF2N4O3/c26-23-19(20(27)4-5-21(23)28)15-35-22-13-18(14-31-24(22)29)16-2-1-3-17(12-16)25(33)30-6-7-32-8-10-34-11-9-32/h1-5,12-14H,6-11,15H2,(H2,29,31)(H,30,33). The van der Waals surface area contributed by atoms with Crippen molar-refractivity contribution in [2.24, 2.45) is 0 Å². The van der Waals surface area contributed by atoms with Gasteiger partial charge < -0.3 is 20.5 Å². The Kier molecular flexibility index (Phi) is 8.12. The van der Waals surface area contributed by atoms with Crippen LogP contribution >= 0.6 is 11.6 Å². The van der Waals surface area contributed by atoms with Crippen LogP contribution in [0, 0.1) is 11.6 Å². The molecule has 7 nitrogen and oxygen atoms in total. The number of nitrogens with one attached hydrogen (secondary N) is 1. The predicted octanol–water partition coefficient (Wildman–Crippen LogP) is 3.90. The number of pyridine rings is 1. The number of nitrogens with two attached hydrogens (primary N) is 1. The molecule has 0 saturated carbocycles. The number of nitrogens with zero attached hydrogens (tertiary/aromatic N) is 2. The fourth-order valence-corrected chi connectivity index (χ4v) is 3.88. The van der Waals surface area contributed by atoms with E-state index >= 15 is 0 Å². The van der Waals surface area contributed by atoms with Crippen LogP contribution in [0.3, 0.4) is 0 Å². The average Bonchev–Trinajstić information content (AvgIpc) is 2.88. The summed E-state index contributed by atoms with van der Waals surface area (Å²) in [6.07, 6.45) is 1.55. The molecule has 1 saturated heterocycles. The van der Waals surface area contributed by atoms with E-state index in [9.17, 15) is 13.6 Å². The minimum absolute atomic E-state index is 0.0821. The lowest BCUT2D eigenvalue weighted by Crippen LogP contribution is -2.41. The number of anilines is 1. The minimum atomic E-state index is -0.744. The fourth-order valence-electron chi connectivity index (χ4n) is 3.67. The summed E-state index contributed by atoms with van der Waals surface area (Å²) < 4.78 is 38.7. The number of halogens is 3. The van der Waals surface area contributed by atoms with Crippen LogP contribution in [0.5, 0.6) is 5.75 Å². The van der Waals surface area contributed by atoms with Crippen molar-refractivity contribution in [3.8, 4) is 16.9 Å². The molecule has 1 amide bonds. The summed E-state index contributed by atoms with van der Waals surface area (Å²) in [7, 11) is 0. The number of carbonyl (C=O) groups is 1. The van der Waals surface area contributed by atoms with E-state index in [1.54, 1.807) is 30.5 Å². The molecule has 184 valence electrons. The highest BCUT2D eigenvalue weighted by molar-refractivity contribution is 6.31. The van der Waals surface area contributed by atoms with Gasteiger partial charge in [0.15, 0.2) is 11.6 Å². The van der Waals surface area contributed by atoms with E-state index < -0.39 is 11.6 Å². The third-order valence-corrected chi connectivity index (χ3v) is 6.08. The lowest BCUT2D eigenvalue weighted by molar-refractivity contribution is 0.0383. The van der Waals surface area contributed by atoms with Crippen molar-refractivity contribution < 1.29 is 23.0 Å². The lowest BCUT2D eigenvalue weighted by atomic mass is 10.0. The number of hydrogen-bond acceptors (Lipinski definition) is 6. The molecular weight excluding hydrogens is 478 g/mol. The maximum atomic E-state index is 14.1. The molecule has 0 radical (unpaired) electrons. The van der Waals surface area contributed by atoms with Crippen LogP contribution < -0.4 is 15.8 Å². The fraction of sp³-hybridized carbons (Fsp3) is 0.280. The highest BCUT2D eigenvalue weighted by Gasteiger charge is 2.15. The van der Waals surface area contributed by atoms with Crippen molar-refractivity contribution in [3.63, 3.8) is 0 Å². The highest BCUT2D eigenvalue weighted by atomic mass is 35.5. The zero-order valence-electron chi connectivity index (χ0n) is 18.9. The molecular formula is C25H25ClF2N4O3. The maximum Gasteiger partial charge on any atom is 0.251 e. The third-order valence-electron chi connectivity index (χ3n) is 5.67. The Hall–Kier alpha value is -3.27. The molecule has 2 aromatic carbocycles. The van der Waals surface area contributed by atoms with E-state index in [0.717, 1.165) is 37.3 Å². The molecule has 3 aromatic rings. The Morgan fingerprint density at radius 2 is 1.91 bits per heavy atom. The number of nitrogen functional groups attached to an aromatic ring is 1. The van der Waals surface area contributed by atoms with E-state index in [1.165, 1.54) is 0 Å². The number of amides is 1. The summed E-state index contributed by atoms with van der Waals surface area (Å²) in [5, 5.41) is 2.59. The van der Waals surface area contributed by atoms with Gasteiger partial charge in [-0.25, -0.2) is 13.8 Å². The summed E-state index contributed by atoms with van der Waals surface area (Å²) in [5.41, 5.74) is 7.66. The molecule has 0 unspecified atom stereocenters. The predicted molar refractivity (Wildman–Crippen MR) is 129 cm³/mol. The molecule has 3 N–H and O–H groups in total. The first-order valence-electron chi connectivity index (χ1n) is 11.1. The van der Waals surface area contributed by atoms with Crippen molar-refractivity contribution in [2.75, 3.05) is 45.1 Å². The van der Waals surface area contributed by atoms with Crippen molar-refractivity contribution in [1.29, 1.82) is 0 Å². The molecule has 0 spiro atoms. The summed E-state index contributed by atoms with van der Waals surface area (Å²) in [6.45, 7) is 4.10. The summed E-state index contributed by atoms with van der Waals surface area (Å²) in [4.78, 5) is 19.0. The number of ether oxygens (including phenoxy) is 2. The monoisotopic (exact) mass is 502 g/mol. The molecule has 10 heteroatoms. The minimum Gasteiger partial charge on any atom is -0.485 e. The van der Waals surface area contributed by atoms with Crippen molar-refractivity contribution in [2.45, 2.75) is 6.61 Å². The normalized spacial score (nSPS) is 14.0. The van der Waals surface area contributed by atoms with Crippen LogP contribution in [-0.4, -0.2) is 55.2 Å².